The zero-order valence-electron chi connectivity index (χ0n) is 17.6. The van der Waals surface area contributed by atoms with E-state index in [1.54, 1.807) is 18.2 Å². The van der Waals surface area contributed by atoms with Crippen LogP contribution in [0.25, 0.3) is 10.9 Å². The van der Waals surface area contributed by atoms with Crippen LogP contribution in [0.3, 0.4) is 0 Å². The molecule has 0 aliphatic heterocycles. The van der Waals surface area contributed by atoms with Gasteiger partial charge in [0.15, 0.2) is 5.78 Å². The highest BCUT2D eigenvalue weighted by Crippen LogP contribution is 2.29. The van der Waals surface area contributed by atoms with Crippen molar-refractivity contribution in [1.82, 2.24) is 9.29 Å². The van der Waals surface area contributed by atoms with Crippen molar-refractivity contribution in [3.8, 4) is 5.75 Å². The van der Waals surface area contributed by atoms with Gasteiger partial charge in [-0.25, -0.2) is 17.2 Å². The van der Waals surface area contributed by atoms with Gasteiger partial charge < -0.3 is 15.2 Å². The minimum atomic E-state index is -5.08. The number of carbonyl (C=O) groups is 2. The summed E-state index contributed by atoms with van der Waals surface area (Å²) < 4.78 is 64.7. The first-order chi connectivity index (χ1) is 15.4. The fraction of sp³-hybridized carbons (Fsp3) is 0.238. The van der Waals surface area contributed by atoms with Crippen LogP contribution in [0.1, 0.15) is 17.3 Å². The molecule has 12 heteroatoms. The van der Waals surface area contributed by atoms with E-state index in [2.05, 4.69) is 5.32 Å². The van der Waals surface area contributed by atoms with Gasteiger partial charge >= 0.3 is 12.1 Å². The topological polar surface area (TPSA) is 115 Å². The standard InChI is InChI=1S/C19H20N2O4S.C2HF3O2/c1-14(22)15-6-8-16(9-7-15)26(23,24)21-12-10-17-18(21)4-3-5-19(17)25-13-11-20-2;3-2(4,5)1(6)7/h3-10,12,20H,11,13H2,1-2H3;(H,6,7). The number of carbonyl (C=O) groups excluding carboxylic acids is 1. The Morgan fingerprint density at radius 2 is 1.70 bits per heavy atom. The molecule has 0 saturated carbocycles. The van der Waals surface area contributed by atoms with Crippen molar-refractivity contribution in [2.75, 3.05) is 20.2 Å². The van der Waals surface area contributed by atoms with Crippen LogP contribution in [0.4, 0.5) is 13.2 Å². The smallest absolute Gasteiger partial charge is 0.490 e. The predicted octanol–water partition coefficient (Wildman–Crippen LogP) is 3.31. The van der Waals surface area contributed by atoms with E-state index in [0.717, 1.165) is 5.39 Å². The summed E-state index contributed by atoms with van der Waals surface area (Å²) in [5.74, 6) is -2.23. The summed E-state index contributed by atoms with van der Waals surface area (Å²) in [7, 11) is -1.93. The predicted molar refractivity (Wildman–Crippen MR) is 114 cm³/mol. The molecule has 8 nitrogen and oxygen atoms in total. The third-order valence-electron chi connectivity index (χ3n) is 4.33. The zero-order chi connectivity index (χ0) is 24.8. The van der Waals surface area contributed by atoms with Crippen molar-refractivity contribution in [1.29, 1.82) is 0 Å². The lowest BCUT2D eigenvalue weighted by atomic mass is 10.2. The second kappa shape index (κ2) is 10.5. The van der Waals surface area contributed by atoms with E-state index in [1.807, 2.05) is 13.1 Å². The number of aliphatic carboxylic acids is 1. The quantitative estimate of drug-likeness (QED) is 0.389. The average molecular weight is 486 g/mol. The number of nitrogens with zero attached hydrogens (tertiary/aromatic N) is 1. The normalized spacial score (nSPS) is 11.5. The first kappa shape index (κ1) is 25.9. The Bertz CT molecular complexity index is 1240. The summed E-state index contributed by atoms with van der Waals surface area (Å²) in [5.41, 5.74) is 1.02. The average Bonchev–Trinajstić information content (AvgIpc) is 3.19. The summed E-state index contributed by atoms with van der Waals surface area (Å²) in [6.07, 6.45) is -3.57. The van der Waals surface area contributed by atoms with Crippen molar-refractivity contribution in [3.63, 3.8) is 0 Å². The molecule has 3 rings (SSSR count). The number of ketones is 1. The van der Waals surface area contributed by atoms with Gasteiger partial charge in [0, 0.05) is 23.7 Å². The van der Waals surface area contributed by atoms with E-state index >= 15 is 0 Å². The molecular weight excluding hydrogens is 465 g/mol. The van der Waals surface area contributed by atoms with Crippen LogP contribution >= 0.6 is 0 Å². The number of Topliss-reactive ketones (excluding diaryl/α,β-unsaturated/α-hetero) is 1. The number of nitrogens with one attached hydrogen (secondary N) is 1. The zero-order valence-corrected chi connectivity index (χ0v) is 18.4. The first-order valence-electron chi connectivity index (χ1n) is 9.43. The Balaban J connectivity index is 0.000000479. The number of carboxylic acid groups (broad SMARTS) is 1. The maximum absolute atomic E-state index is 13.0. The Labute approximate surface area is 187 Å². The van der Waals surface area contributed by atoms with Gasteiger partial charge in [0.25, 0.3) is 10.0 Å². The van der Waals surface area contributed by atoms with Crippen LogP contribution in [-0.4, -0.2) is 55.6 Å². The number of alkyl halides is 3. The summed E-state index contributed by atoms with van der Waals surface area (Å²) in [5, 5.41) is 10.9. The SMILES string of the molecule is CNCCOc1cccc2c1ccn2S(=O)(=O)c1ccc(C(C)=O)cc1.O=C(O)C(F)(F)F. The molecule has 2 N–H and O–H groups in total. The largest absolute Gasteiger partial charge is 0.492 e. The number of fused-ring (bicyclic) bond motifs is 1. The Morgan fingerprint density at radius 3 is 2.21 bits per heavy atom. The number of rotatable bonds is 7. The van der Waals surface area contributed by atoms with Gasteiger partial charge in [0.05, 0.1) is 10.4 Å². The molecule has 0 bridgehead atoms. The van der Waals surface area contributed by atoms with Crippen LogP contribution in [-0.2, 0) is 14.8 Å². The minimum Gasteiger partial charge on any atom is -0.492 e. The number of hydrogen-bond acceptors (Lipinski definition) is 6. The lowest BCUT2D eigenvalue weighted by Crippen LogP contribution is -2.21. The van der Waals surface area contributed by atoms with Gasteiger partial charge in [0.2, 0.25) is 0 Å². The monoisotopic (exact) mass is 486 g/mol. The molecule has 0 radical (unpaired) electrons. The van der Waals surface area contributed by atoms with Gasteiger partial charge in [-0.05, 0) is 44.3 Å². The van der Waals surface area contributed by atoms with Crippen LogP contribution in [0.5, 0.6) is 5.75 Å². The molecule has 0 fully saturated rings. The summed E-state index contributed by atoms with van der Waals surface area (Å²) in [4.78, 5) is 20.4. The van der Waals surface area contributed by atoms with Gasteiger partial charge in [-0.1, -0.05) is 18.2 Å². The van der Waals surface area contributed by atoms with E-state index in [4.69, 9.17) is 14.6 Å². The maximum Gasteiger partial charge on any atom is 0.490 e. The highest BCUT2D eigenvalue weighted by molar-refractivity contribution is 7.90. The molecule has 0 aliphatic carbocycles. The van der Waals surface area contributed by atoms with Gasteiger partial charge in [-0.2, -0.15) is 13.2 Å². The fourth-order valence-corrected chi connectivity index (χ4v) is 4.03. The van der Waals surface area contributed by atoms with E-state index in [1.165, 1.54) is 41.4 Å². The molecule has 2 aromatic carbocycles. The molecule has 0 unspecified atom stereocenters. The lowest BCUT2D eigenvalue weighted by molar-refractivity contribution is -0.192. The molecule has 0 atom stereocenters. The number of likely N-dealkylation sites (N-methyl/N-ethyl adjacent to an activating group) is 1. The minimum absolute atomic E-state index is 0.108. The highest BCUT2D eigenvalue weighted by Gasteiger charge is 2.38. The second-order valence-corrected chi connectivity index (χ2v) is 8.46. The summed E-state index contributed by atoms with van der Waals surface area (Å²) >= 11 is 0. The van der Waals surface area contributed by atoms with E-state index in [9.17, 15) is 26.4 Å². The number of aromatic nitrogens is 1. The van der Waals surface area contributed by atoms with Gasteiger partial charge in [0.1, 0.15) is 12.4 Å². The molecule has 3 aromatic rings. The maximum atomic E-state index is 13.0. The number of ether oxygens (including phenoxy) is 1. The number of hydrogen-bond donors (Lipinski definition) is 2. The molecule has 0 aliphatic rings. The van der Waals surface area contributed by atoms with Crippen LogP contribution in [0.15, 0.2) is 59.6 Å². The Hall–Kier alpha value is -3.38. The van der Waals surface area contributed by atoms with E-state index < -0.39 is 22.2 Å². The van der Waals surface area contributed by atoms with Crippen molar-refractivity contribution in [2.24, 2.45) is 0 Å². The first-order valence-corrected chi connectivity index (χ1v) is 10.9. The molecule has 1 heterocycles. The molecular formula is C21H21F3N2O6S. The van der Waals surface area contributed by atoms with Crippen LogP contribution in [0.2, 0.25) is 0 Å². The molecule has 33 heavy (non-hydrogen) atoms. The third-order valence-corrected chi connectivity index (χ3v) is 6.03. The number of halogens is 3. The second-order valence-electron chi connectivity index (χ2n) is 6.64. The van der Waals surface area contributed by atoms with Gasteiger partial charge in [-0.3, -0.25) is 4.79 Å². The highest BCUT2D eigenvalue weighted by atomic mass is 32.2. The van der Waals surface area contributed by atoms with Crippen molar-refractivity contribution < 1.29 is 41.0 Å². The number of carboxylic acids is 1. The molecule has 0 amide bonds. The Kier molecular flexibility index (Phi) is 8.23. The van der Waals surface area contributed by atoms with Crippen molar-refractivity contribution >= 4 is 32.7 Å². The third kappa shape index (κ3) is 6.33. The molecule has 178 valence electrons. The van der Waals surface area contributed by atoms with Crippen molar-refractivity contribution in [3.05, 3.63) is 60.3 Å². The van der Waals surface area contributed by atoms with Crippen LogP contribution in [0, 0.1) is 0 Å². The number of benzene rings is 2. The molecule has 1 aromatic heterocycles. The Morgan fingerprint density at radius 1 is 1.09 bits per heavy atom. The fourth-order valence-electron chi connectivity index (χ4n) is 2.69. The van der Waals surface area contributed by atoms with Crippen molar-refractivity contribution in [2.45, 2.75) is 18.0 Å². The van der Waals surface area contributed by atoms with Crippen LogP contribution < -0.4 is 10.1 Å². The lowest BCUT2D eigenvalue weighted by Gasteiger charge is -2.10. The van der Waals surface area contributed by atoms with E-state index in [-0.39, 0.29) is 10.7 Å². The summed E-state index contributed by atoms with van der Waals surface area (Å²) in [6.45, 7) is 2.62. The molecule has 0 spiro atoms. The summed E-state index contributed by atoms with van der Waals surface area (Å²) in [6, 6.07) is 13.0. The van der Waals surface area contributed by atoms with E-state index in [0.29, 0.717) is 30.0 Å². The molecule has 0 saturated heterocycles. The van der Waals surface area contributed by atoms with Gasteiger partial charge in [-0.15, -0.1) is 0 Å².